The molecule has 1 fully saturated rings. The minimum absolute atomic E-state index is 0.227. The number of aromatic nitrogens is 3. The second kappa shape index (κ2) is 12.8. The fraction of sp³-hybridized carbons (Fsp3) is 0.467. The van der Waals surface area contributed by atoms with Crippen LogP contribution in [0.25, 0.3) is 0 Å². The normalized spacial score (nSPS) is 17.5. The second-order valence-corrected chi connectivity index (χ2v) is 10.2. The van der Waals surface area contributed by atoms with Crippen LogP contribution in [0.3, 0.4) is 0 Å². The third-order valence-electron chi connectivity index (χ3n) is 7.18. The number of pyridine rings is 1. The first-order valence-electron chi connectivity index (χ1n) is 13.5. The molecule has 2 heterocycles. The van der Waals surface area contributed by atoms with E-state index in [0.29, 0.717) is 18.4 Å². The van der Waals surface area contributed by atoms with E-state index in [2.05, 4.69) is 34.7 Å². The van der Waals surface area contributed by atoms with Crippen molar-refractivity contribution in [1.29, 1.82) is 0 Å². The third kappa shape index (κ3) is 6.67. The van der Waals surface area contributed by atoms with Gasteiger partial charge in [-0.25, -0.2) is 4.98 Å². The quantitative estimate of drug-likeness (QED) is 0.272. The van der Waals surface area contributed by atoms with Crippen LogP contribution in [0, 0.1) is 26.7 Å². The molecule has 4 rings (SSSR count). The summed E-state index contributed by atoms with van der Waals surface area (Å²) >= 11 is 0. The predicted molar refractivity (Wildman–Crippen MR) is 154 cm³/mol. The van der Waals surface area contributed by atoms with Crippen molar-refractivity contribution in [1.82, 2.24) is 15.0 Å². The smallest absolute Gasteiger partial charge is 0.225 e. The zero-order valence-electron chi connectivity index (χ0n) is 23.2. The summed E-state index contributed by atoms with van der Waals surface area (Å²) in [6, 6.07) is 8.38. The molecule has 0 spiro atoms. The first kappa shape index (κ1) is 27.5. The number of hydrogen-bond acceptors (Lipinski definition) is 8. The SMILES string of the molecule is CCCC(=Nc1cnccc1C)c1c(C)nc(NCc2ccc(OC)c(C)c2)nc1NC1CCC(CO)C1. The first-order valence-corrected chi connectivity index (χ1v) is 13.5. The largest absolute Gasteiger partial charge is 0.496 e. The van der Waals surface area contributed by atoms with Crippen LogP contribution in [0.5, 0.6) is 5.75 Å². The topological polar surface area (TPSA) is 105 Å². The molecule has 0 bridgehead atoms. The molecule has 1 aliphatic carbocycles. The lowest BCUT2D eigenvalue weighted by Crippen LogP contribution is -2.22. The number of methoxy groups -OCH3 is 1. The van der Waals surface area contributed by atoms with Gasteiger partial charge in [-0.05, 0) is 81.2 Å². The molecule has 0 radical (unpaired) electrons. The van der Waals surface area contributed by atoms with Crippen molar-refractivity contribution in [2.24, 2.45) is 10.9 Å². The molecule has 3 N–H and O–H groups in total. The number of nitrogens with one attached hydrogen (secondary N) is 2. The van der Waals surface area contributed by atoms with E-state index in [1.165, 1.54) is 0 Å². The third-order valence-corrected chi connectivity index (χ3v) is 7.18. The van der Waals surface area contributed by atoms with Crippen molar-refractivity contribution in [2.75, 3.05) is 24.4 Å². The molecule has 0 amide bonds. The molecule has 1 aromatic carbocycles. The molecule has 1 saturated carbocycles. The zero-order chi connectivity index (χ0) is 27.1. The number of ether oxygens (including phenoxy) is 1. The second-order valence-electron chi connectivity index (χ2n) is 10.2. The van der Waals surface area contributed by atoms with Crippen molar-refractivity contribution in [3.8, 4) is 5.75 Å². The van der Waals surface area contributed by atoms with Crippen molar-refractivity contribution < 1.29 is 9.84 Å². The highest BCUT2D eigenvalue weighted by molar-refractivity contribution is 6.06. The summed E-state index contributed by atoms with van der Waals surface area (Å²) in [5.41, 5.74) is 6.95. The van der Waals surface area contributed by atoms with Gasteiger partial charge in [0, 0.05) is 25.4 Å². The van der Waals surface area contributed by atoms with Gasteiger partial charge in [-0.2, -0.15) is 4.98 Å². The maximum absolute atomic E-state index is 9.68. The van der Waals surface area contributed by atoms with E-state index in [1.807, 2.05) is 39.1 Å². The van der Waals surface area contributed by atoms with Crippen LogP contribution in [0.2, 0.25) is 0 Å². The average molecular weight is 517 g/mol. The van der Waals surface area contributed by atoms with E-state index in [1.54, 1.807) is 13.3 Å². The standard InChI is InChI=1S/C30H40N6O2/c1-6-7-25(35-26-17-31-13-12-19(26)2)28-21(4)33-30(32-16-22-9-11-27(38-5)20(3)14-22)36-29(28)34-24-10-8-23(15-24)18-37/h9,11-14,17,23-24,37H,6-8,10,15-16,18H2,1-5H3,(H2,32,33,34,36). The van der Waals surface area contributed by atoms with E-state index in [4.69, 9.17) is 19.7 Å². The average Bonchev–Trinajstić information content (AvgIpc) is 3.36. The number of nitrogens with zero attached hydrogens (tertiary/aromatic N) is 4. The maximum Gasteiger partial charge on any atom is 0.225 e. The van der Waals surface area contributed by atoms with Crippen molar-refractivity contribution >= 4 is 23.2 Å². The number of aryl methyl sites for hydroxylation is 3. The predicted octanol–water partition coefficient (Wildman–Crippen LogP) is 5.91. The number of benzene rings is 1. The number of aliphatic imine (C=N–C) groups is 1. The Kier molecular flexibility index (Phi) is 9.29. The summed E-state index contributed by atoms with van der Waals surface area (Å²) < 4.78 is 5.39. The van der Waals surface area contributed by atoms with Crippen LogP contribution in [-0.2, 0) is 6.54 Å². The van der Waals surface area contributed by atoms with E-state index in [0.717, 1.165) is 83.0 Å². The van der Waals surface area contributed by atoms with E-state index >= 15 is 0 Å². The Hall–Kier alpha value is -3.52. The van der Waals surface area contributed by atoms with Gasteiger partial charge in [-0.1, -0.05) is 25.5 Å². The summed E-state index contributed by atoms with van der Waals surface area (Å²) in [6.07, 6.45) is 8.29. The number of anilines is 2. The van der Waals surface area contributed by atoms with Gasteiger partial charge in [0.2, 0.25) is 5.95 Å². The molecule has 2 aromatic heterocycles. The summed E-state index contributed by atoms with van der Waals surface area (Å²) in [7, 11) is 1.69. The molecule has 2 atom stereocenters. The van der Waals surface area contributed by atoms with Crippen LogP contribution in [0.1, 0.15) is 67.0 Å². The maximum atomic E-state index is 9.68. The number of aliphatic hydroxyl groups excluding tert-OH is 1. The van der Waals surface area contributed by atoms with Crippen LogP contribution < -0.4 is 15.4 Å². The lowest BCUT2D eigenvalue weighted by molar-refractivity contribution is 0.229. The fourth-order valence-corrected chi connectivity index (χ4v) is 5.09. The lowest BCUT2D eigenvalue weighted by atomic mass is 10.0. The lowest BCUT2D eigenvalue weighted by Gasteiger charge is -2.20. The van der Waals surface area contributed by atoms with Crippen LogP contribution in [0.4, 0.5) is 17.5 Å². The molecule has 0 aliphatic heterocycles. The highest BCUT2D eigenvalue weighted by Crippen LogP contribution is 2.31. The molecule has 2 unspecified atom stereocenters. The molecular weight excluding hydrogens is 476 g/mol. The monoisotopic (exact) mass is 516 g/mol. The molecule has 202 valence electrons. The van der Waals surface area contributed by atoms with Gasteiger partial charge in [0.15, 0.2) is 0 Å². The van der Waals surface area contributed by atoms with Crippen molar-refractivity contribution in [2.45, 2.75) is 72.4 Å². The van der Waals surface area contributed by atoms with Gasteiger partial charge in [0.25, 0.3) is 0 Å². The van der Waals surface area contributed by atoms with Crippen LogP contribution >= 0.6 is 0 Å². The number of aliphatic hydroxyl groups is 1. The van der Waals surface area contributed by atoms with Crippen LogP contribution in [-0.4, -0.2) is 45.5 Å². The summed E-state index contributed by atoms with van der Waals surface area (Å²) in [5, 5.41) is 16.8. The Bertz CT molecular complexity index is 1280. The number of hydrogen-bond donors (Lipinski definition) is 3. The van der Waals surface area contributed by atoms with Gasteiger partial charge < -0.3 is 20.5 Å². The molecule has 8 nitrogen and oxygen atoms in total. The molecule has 38 heavy (non-hydrogen) atoms. The fourth-order valence-electron chi connectivity index (χ4n) is 5.09. The molecule has 8 heteroatoms. The first-order chi connectivity index (χ1) is 18.4. The van der Waals surface area contributed by atoms with Gasteiger partial charge in [-0.3, -0.25) is 9.98 Å². The van der Waals surface area contributed by atoms with E-state index in [9.17, 15) is 5.11 Å². The highest BCUT2D eigenvalue weighted by Gasteiger charge is 2.26. The molecular formula is C30H40N6O2. The van der Waals surface area contributed by atoms with E-state index in [-0.39, 0.29) is 12.6 Å². The summed E-state index contributed by atoms with van der Waals surface area (Å²) in [5.74, 6) is 2.58. The van der Waals surface area contributed by atoms with Gasteiger partial charge >= 0.3 is 0 Å². The minimum Gasteiger partial charge on any atom is -0.496 e. The Morgan fingerprint density at radius 2 is 1.97 bits per heavy atom. The van der Waals surface area contributed by atoms with Crippen molar-refractivity contribution in [3.63, 3.8) is 0 Å². The Morgan fingerprint density at radius 3 is 2.66 bits per heavy atom. The summed E-state index contributed by atoms with van der Waals surface area (Å²) in [6.45, 7) is 9.10. The van der Waals surface area contributed by atoms with Gasteiger partial charge in [-0.15, -0.1) is 0 Å². The Balaban J connectivity index is 1.69. The van der Waals surface area contributed by atoms with Gasteiger partial charge in [0.1, 0.15) is 11.6 Å². The number of rotatable bonds is 11. The molecule has 0 saturated heterocycles. The van der Waals surface area contributed by atoms with E-state index < -0.39 is 0 Å². The highest BCUT2D eigenvalue weighted by atomic mass is 16.5. The Morgan fingerprint density at radius 1 is 1.13 bits per heavy atom. The van der Waals surface area contributed by atoms with Gasteiger partial charge in [0.05, 0.1) is 36.0 Å². The Labute approximate surface area is 226 Å². The molecule has 1 aliphatic rings. The summed E-state index contributed by atoms with van der Waals surface area (Å²) in [4.78, 5) is 19.2. The van der Waals surface area contributed by atoms with Crippen LogP contribution in [0.15, 0.2) is 41.7 Å². The minimum atomic E-state index is 0.227. The molecule has 3 aromatic rings. The zero-order valence-corrected chi connectivity index (χ0v) is 23.2. The van der Waals surface area contributed by atoms with Crippen molar-refractivity contribution in [3.05, 3.63) is 64.6 Å².